The Hall–Kier alpha value is -0.570. The van der Waals surface area contributed by atoms with Crippen LogP contribution in [0.25, 0.3) is 0 Å². The first-order chi connectivity index (χ1) is 4.54. The molecule has 0 aromatic carbocycles. The molecule has 0 fully saturated rings. The molecule has 60 valence electrons. The summed E-state index contributed by atoms with van der Waals surface area (Å²) in [6, 6.07) is -0.456. The van der Waals surface area contributed by atoms with E-state index in [1.54, 1.807) is 0 Å². The number of amides is 1. The van der Waals surface area contributed by atoms with E-state index < -0.39 is 11.9 Å². The van der Waals surface area contributed by atoms with Crippen LogP contribution in [-0.4, -0.2) is 11.9 Å². The predicted molar refractivity (Wildman–Crippen MR) is 41.2 cm³/mol. The van der Waals surface area contributed by atoms with Crippen molar-refractivity contribution < 1.29 is 4.79 Å². The van der Waals surface area contributed by atoms with Crippen LogP contribution in [0.5, 0.6) is 0 Å². The minimum absolute atomic E-state index is 0.402. The lowest BCUT2D eigenvalue weighted by atomic mass is 10.0. The smallest absolute Gasteiger partial charge is 0.234 e. The van der Waals surface area contributed by atoms with E-state index in [4.69, 9.17) is 11.5 Å². The molecule has 1 amide bonds. The molecule has 1 atom stereocenters. The Morgan fingerprint density at radius 1 is 1.40 bits per heavy atom. The van der Waals surface area contributed by atoms with Crippen LogP contribution in [0.1, 0.15) is 26.7 Å². The summed E-state index contributed by atoms with van der Waals surface area (Å²) in [5.41, 5.74) is 10.3. The fourth-order valence-electron chi connectivity index (χ4n) is 0.655. The van der Waals surface area contributed by atoms with Crippen molar-refractivity contribution in [1.82, 2.24) is 0 Å². The molecular weight excluding hydrogens is 128 g/mol. The van der Waals surface area contributed by atoms with Gasteiger partial charge in [0.25, 0.3) is 0 Å². The number of hydrogen-bond donors (Lipinski definition) is 2. The second kappa shape index (κ2) is 4.28. The van der Waals surface area contributed by atoms with Gasteiger partial charge in [0.1, 0.15) is 0 Å². The SMILES string of the molecule is CC(C)CC[C@H](N)C(N)=O. The molecule has 0 saturated heterocycles. The zero-order chi connectivity index (χ0) is 8.15. The van der Waals surface area contributed by atoms with Crippen molar-refractivity contribution >= 4 is 5.91 Å². The number of nitrogens with two attached hydrogens (primary N) is 2. The number of carbonyl (C=O) groups is 1. The normalized spacial score (nSPS) is 13.6. The quantitative estimate of drug-likeness (QED) is 0.593. The van der Waals surface area contributed by atoms with Gasteiger partial charge in [0, 0.05) is 0 Å². The molecule has 0 heterocycles. The van der Waals surface area contributed by atoms with Gasteiger partial charge in [0.05, 0.1) is 6.04 Å². The highest BCUT2D eigenvalue weighted by molar-refractivity contribution is 5.79. The topological polar surface area (TPSA) is 69.1 Å². The number of hydrogen-bond acceptors (Lipinski definition) is 2. The van der Waals surface area contributed by atoms with Crippen LogP contribution >= 0.6 is 0 Å². The maximum Gasteiger partial charge on any atom is 0.234 e. The number of carbonyl (C=O) groups excluding carboxylic acids is 1. The molecular formula is C7H16N2O. The molecule has 0 unspecified atom stereocenters. The lowest BCUT2D eigenvalue weighted by Crippen LogP contribution is -2.36. The Kier molecular flexibility index (Phi) is 4.03. The summed E-state index contributed by atoms with van der Waals surface area (Å²) in [7, 11) is 0. The summed E-state index contributed by atoms with van der Waals surface area (Å²) in [5.74, 6) is 0.186. The lowest BCUT2D eigenvalue weighted by Gasteiger charge is -2.08. The number of primary amides is 1. The van der Waals surface area contributed by atoms with Gasteiger partial charge in [0.2, 0.25) is 5.91 Å². The molecule has 10 heavy (non-hydrogen) atoms. The van der Waals surface area contributed by atoms with Gasteiger partial charge in [-0.1, -0.05) is 13.8 Å². The van der Waals surface area contributed by atoms with Gasteiger partial charge < -0.3 is 11.5 Å². The highest BCUT2D eigenvalue weighted by atomic mass is 16.1. The average molecular weight is 144 g/mol. The van der Waals surface area contributed by atoms with E-state index >= 15 is 0 Å². The van der Waals surface area contributed by atoms with Crippen LogP contribution in [0.3, 0.4) is 0 Å². The van der Waals surface area contributed by atoms with Crippen molar-refractivity contribution in [3.63, 3.8) is 0 Å². The van der Waals surface area contributed by atoms with Gasteiger partial charge in [-0.25, -0.2) is 0 Å². The van der Waals surface area contributed by atoms with Gasteiger partial charge >= 0.3 is 0 Å². The van der Waals surface area contributed by atoms with Crippen molar-refractivity contribution in [2.75, 3.05) is 0 Å². The summed E-state index contributed by atoms with van der Waals surface area (Å²) >= 11 is 0. The van der Waals surface area contributed by atoms with Gasteiger partial charge in [-0.15, -0.1) is 0 Å². The highest BCUT2D eigenvalue weighted by Gasteiger charge is 2.08. The molecule has 0 aliphatic carbocycles. The predicted octanol–water partition coefficient (Wildman–Crippen LogP) is 0.235. The summed E-state index contributed by atoms with van der Waals surface area (Å²) in [5, 5.41) is 0. The van der Waals surface area contributed by atoms with E-state index in [2.05, 4.69) is 13.8 Å². The Labute approximate surface area is 61.8 Å². The third-order valence-corrected chi connectivity index (χ3v) is 1.42. The van der Waals surface area contributed by atoms with E-state index in [0.717, 1.165) is 6.42 Å². The maximum atomic E-state index is 10.4. The Balaban J connectivity index is 3.40. The molecule has 0 spiro atoms. The van der Waals surface area contributed by atoms with Crippen LogP contribution in [0.4, 0.5) is 0 Å². The van der Waals surface area contributed by atoms with Crippen LogP contribution < -0.4 is 11.5 Å². The third kappa shape index (κ3) is 4.32. The Morgan fingerprint density at radius 3 is 2.20 bits per heavy atom. The standard InChI is InChI=1S/C7H16N2O/c1-5(2)3-4-6(8)7(9)10/h5-6H,3-4,8H2,1-2H3,(H2,9,10)/t6-/m0/s1. The summed E-state index contributed by atoms with van der Waals surface area (Å²) in [6.07, 6.45) is 1.66. The Bertz CT molecular complexity index is 112. The molecule has 0 aliphatic rings. The molecule has 4 N–H and O–H groups in total. The van der Waals surface area contributed by atoms with Crippen molar-refractivity contribution in [3.8, 4) is 0 Å². The van der Waals surface area contributed by atoms with E-state index in [1.165, 1.54) is 0 Å². The molecule has 0 rings (SSSR count). The molecule has 3 nitrogen and oxygen atoms in total. The largest absolute Gasteiger partial charge is 0.368 e. The molecule has 0 saturated carbocycles. The second-order valence-corrected chi connectivity index (χ2v) is 2.98. The highest BCUT2D eigenvalue weighted by Crippen LogP contribution is 2.04. The second-order valence-electron chi connectivity index (χ2n) is 2.98. The van der Waals surface area contributed by atoms with Crippen LogP contribution in [0.15, 0.2) is 0 Å². The van der Waals surface area contributed by atoms with E-state index in [0.29, 0.717) is 12.3 Å². The zero-order valence-corrected chi connectivity index (χ0v) is 6.63. The van der Waals surface area contributed by atoms with Crippen LogP contribution in [-0.2, 0) is 4.79 Å². The van der Waals surface area contributed by atoms with Gasteiger partial charge in [-0.3, -0.25) is 4.79 Å². The molecule has 3 heteroatoms. The van der Waals surface area contributed by atoms with Crippen molar-refractivity contribution in [3.05, 3.63) is 0 Å². The summed E-state index contributed by atoms with van der Waals surface area (Å²) in [4.78, 5) is 10.4. The van der Waals surface area contributed by atoms with E-state index in [1.807, 2.05) is 0 Å². The third-order valence-electron chi connectivity index (χ3n) is 1.42. The lowest BCUT2D eigenvalue weighted by molar-refractivity contribution is -0.119. The molecule has 0 aromatic heterocycles. The fraction of sp³-hybridized carbons (Fsp3) is 0.857. The average Bonchev–Trinajstić information content (AvgIpc) is 1.82. The van der Waals surface area contributed by atoms with Crippen molar-refractivity contribution in [1.29, 1.82) is 0 Å². The maximum absolute atomic E-state index is 10.4. The van der Waals surface area contributed by atoms with Gasteiger partial charge in [0.15, 0.2) is 0 Å². The van der Waals surface area contributed by atoms with Crippen molar-refractivity contribution in [2.24, 2.45) is 17.4 Å². The molecule has 0 aliphatic heterocycles. The van der Waals surface area contributed by atoms with Gasteiger partial charge in [-0.05, 0) is 18.8 Å². The first-order valence-corrected chi connectivity index (χ1v) is 3.59. The first-order valence-electron chi connectivity index (χ1n) is 3.59. The minimum atomic E-state index is -0.456. The first kappa shape index (κ1) is 9.43. The zero-order valence-electron chi connectivity index (χ0n) is 6.63. The summed E-state index contributed by atoms with van der Waals surface area (Å²) < 4.78 is 0. The number of rotatable bonds is 4. The summed E-state index contributed by atoms with van der Waals surface area (Å²) in [6.45, 7) is 4.18. The molecule has 0 aromatic rings. The minimum Gasteiger partial charge on any atom is -0.368 e. The van der Waals surface area contributed by atoms with E-state index in [9.17, 15) is 4.79 Å². The Morgan fingerprint density at radius 2 is 1.90 bits per heavy atom. The van der Waals surface area contributed by atoms with Crippen LogP contribution in [0, 0.1) is 5.92 Å². The van der Waals surface area contributed by atoms with Gasteiger partial charge in [-0.2, -0.15) is 0 Å². The molecule has 0 radical (unpaired) electrons. The van der Waals surface area contributed by atoms with Crippen LogP contribution in [0.2, 0.25) is 0 Å². The fourth-order valence-corrected chi connectivity index (χ4v) is 0.655. The molecule has 0 bridgehead atoms. The van der Waals surface area contributed by atoms with E-state index in [-0.39, 0.29) is 0 Å². The monoisotopic (exact) mass is 144 g/mol. The van der Waals surface area contributed by atoms with Crippen molar-refractivity contribution in [2.45, 2.75) is 32.7 Å².